The fourth-order valence-corrected chi connectivity index (χ4v) is 3.44. The van der Waals surface area contributed by atoms with Crippen LogP contribution >= 0.6 is 0 Å². The zero-order chi connectivity index (χ0) is 20.4. The highest BCUT2D eigenvalue weighted by Crippen LogP contribution is 2.45. The maximum Gasteiger partial charge on any atom is 0.411 e. The predicted octanol–water partition coefficient (Wildman–Crippen LogP) is 4.11. The molecule has 1 saturated heterocycles. The Bertz CT molecular complexity index is 704. The molecule has 0 N–H and O–H groups in total. The second-order valence-electron chi connectivity index (χ2n) is 7.83. The van der Waals surface area contributed by atoms with Crippen LogP contribution in [0.15, 0.2) is 36.4 Å². The van der Waals surface area contributed by atoms with Crippen molar-refractivity contribution in [2.24, 2.45) is 5.92 Å². The van der Waals surface area contributed by atoms with Crippen LogP contribution in [0.3, 0.4) is 0 Å². The summed E-state index contributed by atoms with van der Waals surface area (Å²) in [7, 11) is 2.92. The summed E-state index contributed by atoms with van der Waals surface area (Å²) in [6.07, 6.45) is -0.0970. The fourth-order valence-electron chi connectivity index (χ4n) is 3.44. The number of nitrogens with zero attached hydrogens (tertiary/aromatic N) is 1. The first kappa shape index (κ1) is 20.8. The van der Waals surface area contributed by atoms with E-state index in [1.165, 1.54) is 12.0 Å². The maximum atomic E-state index is 13.0. The molecule has 148 valence electrons. The van der Waals surface area contributed by atoms with Crippen LogP contribution in [0.2, 0.25) is 0 Å². The van der Waals surface area contributed by atoms with Gasteiger partial charge in [0.25, 0.3) is 0 Å². The summed E-state index contributed by atoms with van der Waals surface area (Å²) in [4.78, 5) is 26.9. The molecule has 0 spiro atoms. The van der Waals surface area contributed by atoms with Gasteiger partial charge in [-0.15, -0.1) is 0 Å². The van der Waals surface area contributed by atoms with Gasteiger partial charge in [0.1, 0.15) is 17.4 Å². The third kappa shape index (κ3) is 4.62. The van der Waals surface area contributed by atoms with E-state index >= 15 is 0 Å². The molecule has 3 atom stereocenters. The minimum absolute atomic E-state index is 0.0880. The molecule has 0 saturated carbocycles. The minimum Gasteiger partial charge on any atom is -0.497 e. The average Bonchev–Trinajstić information content (AvgIpc) is 3.00. The molecule has 1 aliphatic heterocycles. The quantitative estimate of drug-likeness (QED) is 0.585. The molecule has 0 aromatic heterocycles. The minimum atomic E-state index is -0.723. The number of hydrogen-bond acceptors (Lipinski definition) is 5. The van der Waals surface area contributed by atoms with Gasteiger partial charge in [0.15, 0.2) is 0 Å². The number of methoxy groups -OCH3 is 2. The first-order chi connectivity index (χ1) is 12.6. The zero-order valence-corrected chi connectivity index (χ0v) is 16.9. The predicted molar refractivity (Wildman–Crippen MR) is 103 cm³/mol. The van der Waals surface area contributed by atoms with Gasteiger partial charge in [0, 0.05) is 5.92 Å². The number of carbonyl (C=O) groups is 2. The van der Waals surface area contributed by atoms with Gasteiger partial charge < -0.3 is 14.2 Å². The summed E-state index contributed by atoms with van der Waals surface area (Å²) >= 11 is 0. The molecule has 0 bridgehead atoms. The third-order valence-electron chi connectivity index (χ3n) is 4.66. The molecule has 1 aromatic carbocycles. The molecular weight excluding hydrogens is 346 g/mol. The second-order valence-corrected chi connectivity index (χ2v) is 7.83. The summed E-state index contributed by atoms with van der Waals surface area (Å²) < 4.78 is 15.8. The SMILES string of the molecule is C=C(C)[C@@H]1C[C@@H](C(=O)OC)N(C(=O)OC(C)(C)C)[C@H]1c1ccc(OC)cc1. The van der Waals surface area contributed by atoms with Gasteiger partial charge in [0.2, 0.25) is 0 Å². The number of amides is 1. The molecule has 1 aliphatic rings. The fraction of sp³-hybridized carbons (Fsp3) is 0.524. The maximum absolute atomic E-state index is 13.0. The largest absolute Gasteiger partial charge is 0.497 e. The average molecular weight is 375 g/mol. The Labute approximate surface area is 161 Å². The van der Waals surface area contributed by atoms with Crippen molar-refractivity contribution >= 4 is 12.1 Å². The first-order valence-corrected chi connectivity index (χ1v) is 8.97. The van der Waals surface area contributed by atoms with Gasteiger partial charge in [-0.1, -0.05) is 24.3 Å². The Kier molecular flexibility index (Phi) is 6.19. The number of esters is 1. The molecule has 2 rings (SSSR count). The van der Waals surface area contributed by atoms with E-state index in [1.807, 2.05) is 31.2 Å². The van der Waals surface area contributed by atoms with Crippen LogP contribution in [0.5, 0.6) is 5.75 Å². The van der Waals surface area contributed by atoms with Gasteiger partial charge in [-0.3, -0.25) is 4.90 Å². The van der Waals surface area contributed by atoms with Gasteiger partial charge >= 0.3 is 12.1 Å². The van der Waals surface area contributed by atoms with E-state index in [1.54, 1.807) is 27.9 Å². The molecular formula is C21H29NO5. The van der Waals surface area contributed by atoms with E-state index in [0.29, 0.717) is 6.42 Å². The summed E-state index contributed by atoms with van der Waals surface area (Å²) in [6.45, 7) is 11.4. The molecule has 0 radical (unpaired) electrons. The molecule has 0 aliphatic carbocycles. The van der Waals surface area contributed by atoms with E-state index in [9.17, 15) is 9.59 Å². The molecule has 1 fully saturated rings. The molecule has 6 nitrogen and oxygen atoms in total. The van der Waals surface area contributed by atoms with Crippen molar-refractivity contribution in [3.63, 3.8) is 0 Å². The number of ether oxygens (including phenoxy) is 3. The highest BCUT2D eigenvalue weighted by Gasteiger charge is 2.49. The lowest BCUT2D eigenvalue weighted by Gasteiger charge is -2.33. The molecule has 27 heavy (non-hydrogen) atoms. The Morgan fingerprint density at radius 1 is 1.15 bits per heavy atom. The number of carbonyl (C=O) groups excluding carboxylic acids is 2. The normalized spacial score (nSPS) is 22.3. The summed E-state index contributed by atoms with van der Waals surface area (Å²) in [5, 5.41) is 0. The van der Waals surface area contributed by atoms with Crippen LogP contribution in [-0.2, 0) is 14.3 Å². The van der Waals surface area contributed by atoms with E-state index in [0.717, 1.165) is 16.9 Å². The Morgan fingerprint density at radius 3 is 2.19 bits per heavy atom. The van der Waals surface area contributed by atoms with Crippen molar-refractivity contribution < 1.29 is 23.8 Å². The van der Waals surface area contributed by atoms with Gasteiger partial charge in [0.05, 0.1) is 20.3 Å². The van der Waals surface area contributed by atoms with Crippen LogP contribution in [-0.4, -0.2) is 42.8 Å². The summed E-state index contributed by atoms with van der Waals surface area (Å²) in [5.41, 5.74) is 1.11. The standard InChI is InChI=1S/C21H29NO5/c1-13(2)16-12-17(19(23)26-7)22(20(24)27-21(3,4)5)18(16)14-8-10-15(25-6)11-9-14/h8-11,16-18H,1,12H2,2-7H3/t16-,17-,18-/m0/s1. The van der Waals surface area contributed by atoms with E-state index in [4.69, 9.17) is 14.2 Å². The third-order valence-corrected chi connectivity index (χ3v) is 4.66. The van der Waals surface area contributed by atoms with Crippen molar-refractivity contribution in [3.05, 3.63) is 42.0 Å². The summed E-state index contributed by atoms with van der Waals surface area (Å²) in [5.74, 6) is 0.176. The van der Waals surface area contributed by atoms with E-state index < -0.39 is 23.7 Å². The second kappa shape index (κ2) is 8.03. The smallest absolute Gasteiger partial charge is 0.411 e. The first-order valence-electron chi connectivity index (χ1n) is 8.97. The van der Waals surface area contributed by atoms with Crippen LogP contribution in [0, 0.1) is 5.92 Å². The lowest BCUT2D eigenvalue weighted by atomic mass is 9.88. The Morgan fingerprint density at radius 2 is 1.74 bits per heavy atom. The zero-order valence-electron chi connectivity index (χ0n) is 16.9. The van der Waals surface area contributed by atoms with Crippen molar-refractivity contribution in [2.45, 2.75) is 51.8 Å². The highest BCUT2D eigenvalue weighted by molar-refractivity contribution is 5.83. The van der Waals surface area contributed by atoms with Crippen molar-refractivity contribution in [2.75, 3.05) is 14.2 Å². The molecule has 1 amide bonds. The van der Waals surface area contributed by atoms with Crippen LogP contribution in [0.25, 0.3) is 0 Å². The van der Waals surface area contributed by atoms with Gasteiger partial charge in [-0.05, 0) is 51.8 Å². The number of hydrogen-bond donors (Lipinski definition) is 0. The van der Waals surface area contributed by atoms with Crippen molar-refractivity contribution in [1.29, 1.82) is 0 Å². The highest BCUT2D eigenvalue weighted by atomic mass is 16.6. The Balaban J connectivity index is 2.51. The van der Waals surface area contributed by atoms with E-state index in [-0.39, 0.29) is 12.0 Å². The molecule has 6 heteroatoms. The van der Waals surface area contributed by atoms with E-state index in [2.05, 4.69) is 6.58 Å². The lowest BCUT2D eigenvalue weighted by Crippen LogP contribution is -2.45. The van der Waals surface area contributed by atoms with Crippen molar-refractivity contribution in [1.82, 2.24) is 4.90 Å². The van der Waals surface area contributed by atoms with Crippen molar-refractivity contribution in [3.8, 4) is 5.75 Å². The monoisotopic (exact) mass is 375 g/mol. The van der Waals surface area contributed by atoms with Crippen LogP contribution < -0.4 is 4.74 Å². The number of likely N-dealkylation sites (tertiary alicyclic amines) is 1. The molecule has 0 unspecified atom stereocenters. The van der Waals surface area contributed by atoms with Gasteiger partial charge in [-0.2, -0.15) is 0 Å². The lowest BCUT2D eigenvalue weighted by molar-refractivity contribution is -0.146. The molecule has 1 heterocycles. The van der Waals surface area contributed by atoms with Crippen LogP contribution in [0.4, 0.5) is 4.79 Å². The Hall–Kier alpha value is -2.50. The van der Waals surface area contributed by atoms with Crippen LogP contribution in [0.1, 0.15) is 45.7 Å². The van der Waals surface area contributed by atoms with Gasteiger partial charge in [-0.25, -0.2) is 9.59 Å². The number of benzene rings is 1. The topological polar surface area (TPSA) is 65.1 Å². The number of rotatable bonds is 4. The summed E-state index contributed by atoms with van der Waals surface area (Å²) in [6, 6.07) is 6.38. The molecule has 1 aromatic rings.